The number of nitrogens with zero attached hydrogens (tertiary/aromatic N) is 4. The Bertz CT molecular complexity index is 687. The zero-order chi connectivity index (χ0) is 20.4. The molecule has 1 N–H and O–H groups in total. The van der Waals surface area contributed by atoms with Crippen LogP contribution in [0, 0.1) is 10.1 Å². The molecule has 0 saturated heterocycles. The molecule has 0 fully saturated rings. The van der Waals surface area contributed by atoms with Gasteiger partial charge >= 0.3 is 0 Å². The van der Waals surface area contributed by atoms with E-state index in [1.165, 1.54) is 12.1 Å². The summed E-state index contributed by atoms with van der Waals surface area (Å²) in [5.41, 5.74) is 1.84. The number of nitro groups is 1. The van der Waals surface area contributed by atoms with Gasteiger partial charge in [0.15, 0.2) is 5.96 Å². The van der Waals surface area contributed by atoms with Gasteiger partial charge in [0, 0.05) is 38.8 Å². The molecule has 28 heavy (non-hydrogen) atoms. The van der Waals surface area contributed by atoms with Gasteiger partial charge in [0.05, 0.1) is 18.0 Å². The van der Waals surface area contributed by atoms with E-state index in [9.17, 15) is 14.9 Å². The van der Waals surface area contributed by atoms with Crippen molar-refractivity contribution in [1.29, 1.82) is 0 Å². The molecule has 9 heteroatoms. The Morgan fingerprint density at radius 1 is 1.25 bits per heavy atom. The maximum absolute atomic E-state index is 12.4. The lowest BCUT2D eigenvalue weighted by Gasteiger charge is -2.26. The maximum atomic E-state index is 12.4. The fourth-order valence-corrected chi connectivity index (χ4v) is 2.38. The van der Waals surface area contributed by atoms with E-state index >= 15 is 0 Å². The van der Waals surface area contributed by atoms with Crippen LogP contribution >= 0.6 is 24.0 Å². The Morgan fingerprint density at radius 3 is 2.29 bits per heavy atom. The second-order valence-corrected chi connectivity index (χ2v) is 6.30. The molecule has 0 aliphatic heterocycles. The summed E-state index contributed by atoms with van der Waals surface area (Å²) < 4.78 is 0. The Morgan fingerprint density at radius 2 is 1.82 bits per heavy atom. The van der Waals surface area contributed by atoms with Crippen LogP contribution in [0.2, 0.25) is 0 Å². The highest BCUT2D eigenvalue weighted by atomic mass is 127. The topological polar surface area (TPSA) is 91.1 Å². The summed E-state index contributed by atoms with van der Waals surface area (Å²) in [5, 5.41) is 13.9. The number of hydrogen-bond acceptors (Lipinski definition) is 4. The second kappa shape index (κ2) is 13.1. The molecule has 0 aromatic heterocycles. The first kappa shape index (κ1) is 25.8. The number of carbonyl (C=O) groups is 1. The smallest absolute Gasteiger partial charge is 0.269 e. The van der Waals surface area contributed by atoms with Gasteiger partial charge < -0.3 is 15.1 Å². The highest BCUT2D eigenvalue weighted by Gasteiger charge is 2.15. The van der Waals surface area contributed by atoms with Gasteiger partial charge in [-0.25, -0.2) is 4.99 Å². The van der Waals surface area contributed by atoms with Crippen LogP contribution < -0.4 is 5.32 Å². The van der Waals surface area contributed by atoms with E-state index in [1.54, 1.807) is 21.9 Å². The Kier molecular flexibility index (Phi) is 12.1. The minimum Gasteiger partial charge on any atom is -0.353 e. The van der Waals surface area contributed by atoms with E-state index in [0.29, 0.717) is 32.1 Å². The minimum absolute atomic E-state index is 0. The average Bonchev–Trinajstić information content (AvgIpc) is 2.62. The van der Waals surface area contributed by atoms with Gasteiger partial charge in [-0.2, -0.15) is 0 Å². The van der Waals surface area contributed by atoms with Crippen LogP contribution in [-0.4, -0.2) is 59.8 Å². The summed E-state index contributed by atoms with van der Waals surface area (Å²) in [6.07, 6.45) is 0. The zero-order valence-electron chi connectivity index (χ0n) is 17.0. The van der Waals surface area contributed by atoms with Crippen LogP contribution in [0.5, 0.6) is 0 Å². The zero-order valence-corrected chi connectivity index (χ0v) is 19.3. The molecule has 156 valence electrons. The van der Waals surface area contributed by atoms with Crippen molar-refractivity contribution in [2.24, 2.45) is 4.99 Å². The first-order chi connectivity index (χ1) is 12.8. The number of rotatable bonds is 9. The highest BCUT2D eigenvalue weighted by Crippen LogP contribution is 2.12. The summed E-state index contributed by atoms with van der Waals surface area (Å²) in [5.74, 6) is 0.611. The molecule has 1 amide bonds. The predicted molar refractivity (Wildman–Crippen MR) is 123 cm³/mol. The number of likely N-dealkylation sites (N-methyl/N-ethyl adjacent to an activating group) is 2. The summed E-state index contributed by atoms with van der Waals surface area (Å²) in [4.78, 5) is 30.8. The van der Waals surface area contributed by atoms with Crippen LogP contribution in [0.15, 0.2) is 41.4 Å². The first-order valence-electron chi connectivity index (χ1n) is 8.93. The van der Waals surface area contributed by atoms with Gasteiger partial charge in [0.25, 0.3) is 5.69 Å². The van der Waals surface area contributed by atoms with Crippen molar-refractivity contribution in [2.45, 2.75) is 27.3 Å². The molecule has 0 aliphatic rings. The third-order valence-corrected chi connectivity index (χ3v) is 3.96. The van der Waals surface area contributed by atoms with E-state index in [1.807, 2.05) is 27.8 Å². The molecular weight excluding hydrogens is 473 g/mol. The van der Waals surface area contributed by atoms with Gasteiger partial charge in [0.1, 0.15) is 0 Å². The minimum atomic E-state index is -0.431. The summed E-state index contributed by atoms with van der Waals surface area (Å²) in [6.45, 7) is 12.1. The van der Waals surface area contributed by atoms with Crippen LogP contribution in [-0.2, 0) is 11.3 Å². The molecule has 8 nitrogen and oxygen atoms in total. The van der Waals surface area contributed by atoms with Crippen molar-refractivity contribution in [2.75, 3.05) is 33.2 Å². The normalized spacial score (nSPS) is 10.6. The Balaban J connectivity index is 0.00000729. The number of nitrogens with one attached hydrogen (secondary N) is 1. The van der Waals surface area contributed by atoms with Crippen molar-refractivity contribution >= 4 is 41.5 Å². The van der Waals surface area contributed by atoms with Crippen molar-refractivity contribution in [3.05, 3.63) is 52.1 Å². The number of benzene rings is 1. The van der Waals surface area contributed by atoms with Gasteiger partial charge in [-0.05, 0) is 26.3 Å². The van der Waals surface area contributed by atoms with Crippen molar-refractivity contribution < 1.29 is 9.72 Å². The van der Waals surface area contributed by atoms with E-state index in [4.69, 9.17) is 0 Å². The summed E-state index contributed by atoms with van der Waals surface area (Å²) in [6, 6.07) is 6.27. The third kappa shape index (κ3) is 8.68. The molecule has 0 unspecified atom stereocenters. The molecule has 1 rings (SSSR count). The second-order valence-electron chi connectivity index (χ2n) is 6.30. The monoisotopic (exact) mass is 503 g/mol. The van der Waals surface area contributed by atoms with E-state index in [-0.39, 0.29) is 42.1 Å². The first-order valence-corrected chi connectivity index (χ1v) is 8.93. The quantitative estimate of drug-likeness (QED) is 0.140. The molecule has 0 atom stereocenters. The molecule has 1 aromatic carbocycles. The molecule has 0 radical (unpaired) electrons. The maximum Gasteiger partial charge on any atom is 0.269 e. The fraction of sp³-hybridized carbons (Fsp3) is 0.474. The van der Waals surface area contributed by atoms with Crippen molar-refractivity contribution in [3.8, 4) is 0 Å². The average molecular weight is 503 g/mol. The Labute approximate surface area is 183 Å². The van der Waals surface area contributed by atoms with Gasteiger partial charge in [-0.1, -0.05) is 24.3 Å². The predicted octanol–water partition coefficient (Wildman–Crippen LogP) is 3.03. The van der Waals surface area contributed by atoms with Gasteiger partial charge in [0.2, 0.25) is 5.91 Å². The molecule has 0 spiro atoms. The van der Waals surface area contributed by atoms with Crippen molar-refractivity contribution in [3.63, 3.8) is 0 Å². The number of carbonyl (C=O) groups excluding carboxylic acids is 1. The molecular formula is C19H30IN5O3. The molecule has 0 aliphatic carbocycles. The van der Waals surface area contributed by atoms with Gasteiger partial charge in [-0.15, -0.1) is 24.0 Å². The highest BCUT2D eigenvalue weighted by molar-refractivity contribution is 14.0. The van der Waals surface area contributed by atoms with E-state index < -0.39 is 4.92 Å². The number of halogens is 1. The van der Waals surface area contributed by atoms with Crippen molar-refractivity contribution in [1.82, 2.24) is 15.1 Å². The lowest BCUT2D eigenvalue weighted by Crippen LogP contribution is -2.46. The number of guanidine groups is 1. The lowest BCUT2D eigenvalue weighted by molar-refractivity contribution is -0.384. The largest absolute Gasteiger partial charge is 0.353 e. The molecule has 0 bridgehead atoms. The van der Waals surface area contributed by atoms with Crippen LogP contribution in [0.25, 0.3) is 0 Å². The number of nitro benzene ring substituents is 1. The number of aliphatic imine (C=N–C) groups is 1. The van der Waals surface area contributed by atoms with Crippen LogP contribution in [0.3, 0.4) is 0 Å². The summed E-state index contributed by atoms with van der Waals surface area (Å²) >= 11 is 0. The number of amides is 1. The SMILES string of the molecule is C=C(C)CNC(=NCc1ccc([N+](=O)[O-])cc1)N(C)CC(=O)N(CC)CC.I. The molecule has 1 aromatic rings. The molecule has 0 heterocycles. The number of hydrogen-bond donors (Lipinski definition) is 1. The Hall–Kier alpha value is -2.17. The third-order valence-electron chi connectivity index (χ3n) is 3.96. The fourth-order valence-electron chi connectivity index (χ4n) is 2.38. The standard InChI is InChI=1S/C19H29N5O3.HI/c1-6-23(7-2)18(25)14-22(5)19(20-12-15(3)4)21-13-16-8-10-17(11-9-16)24(26)27;/h8-11H,3,6-7,12-14H2,1-2,4-5H3,(H,20,21);1H. The lowest BCUT2D eigenvalue weighted by atomic mass is 10.2. The van der Waals surface area contributed by atoms with E-state index in [2.05, 4.69) is 16.9 Å². The summed E-state index contributed by atoms with van der Waals surface area (Å²) in [7, 11) is 1.81. The van der Waals surface area contributed by atoms with E-state index in [0.717, 1.165) is 11.1 Å². The van der Waals surface area contributed by atoms with Crippen LogP contribution in [0.1, 0.15) is 26.3 Å². The van der Waals surface area contributed by atoms with Gasteiger partial charge in [-0.3, -0.25) is 14.9 Å². The van der Waals surface area contributed by atoms with Crippen LogP contribution in [0.4, 0.5) is 5.69 Å². The number of non-ortho nitro benzene ring substituents is 1. The molecule has 0 saturated carbocycles.